The second kappa shape index (κ2) is 8.67. The van der Waals surface area contributed by atoms with Gasteiger partial charge in [0.15, 0.2) is 0 Å². The number of rotatable bonds is 6. The predicted octanol–water partition coefficient (Wildman–Crippen LogP) is 3.18. The molecular formula is C21H15N5O4S. The number of hydrogen-bond acceptors (Lipinski definition) is 7. The second-order valence-electron chi connectivity index (χ2n) is 6.51. The van der Waals surface area contributed by atoms with Crippen LogP contribution in [-0.4, -0.2) is 26.6 Å². The number of nitro benzene ring substituents is 1. The quantitative estimate of drug-likeness (QED) is 0.284. The summed E-state index contributed by atoms with van der Waals surface area (Å²) in [4.78, 5) is 40.9. The third-order valence-electron chi connectivity index (χ3n) is 4.40. The van der Waals surface area contributed by atoms with E-state index in [-0.39, 0.29) is 17.8 Å². The largest absolute Gasteiger partial charge is 0.289 e. The number of benzene rings is 2. The first kappa shape index (κ1) is 20.1. The van der Waals surface area contributed by atoms with Gasteiger partial charge in [0, 0.05) is 17.0 Å². The zero-order valence-electron chi connectivity index (χ0n) is 16.0. The van der Waals surface area contributed by atoms with Crippen LogP contribution in [0.5, 0.6) is 0 Å². The lowest BCUT2D eigenvalue weighted by atomic mass is 10.2. The molecule has 2 heterocycles. The highest BCUT2D eigenvalue weighted by Gasteiger charge is 2.12. The number of hydrogen-bond donors (Lipinski definition) is 1. The van der Waals surface area contributed by atoms with Crippen molar-refractivity contribution in [2.75, 3.05) is 0 Å². The zero-order chi connectivity index (χ0) is 21.8. The smallest absolute Gasteiger partial charge is 0.269 e. The molecule has 0 aliphatic heterocycles. The minimum Gasteiger partial charge on any atom is -0.289 e. The summed E-state index contributed by atoms with van der Waals surface area (Å²) < 4.78 is 1.22. The van der Waals surface area contributed by atoms with E-state index in [4.69, 9.17) is 0 Å². The molecule has 4 aromatic rings. The normalized spacial score (nSPS) is 11.1. The van der Waals surface area contributed by atoms with E-state index < -0.39 is 10.8 Å². The van der Waals surface area contributed by atoms with Gasteiger partial charge in [0.05, 0.1) is 22.9 Å². The maximum Gasteiger partial charge on any atom is 0.269 e. The molecule has 0 spiro atoms. The Morgan fingerprint density at radius 2 is 1.94 bits per heavy atom. The van der Waals surface area contributed by atoms with Gasteiger partial charge in [-0.05, 0) is 29.3 Å². The number of thiophene rings is 1. The molecule has 1 N–H and O–H groups in total. The predicted molar refractivity (Wildman–Crippen MR) is 118 cm³/mol. The van der Waals surface area contributed by atoms with Gasteiger partial charge in [0.25, 0.3) is 17.2 Å². The van der Waals surface area contributed by atoms with Crippen molar-refractivity contribution in [1.29, 1.82) is 0 Å². The average Bonchev–Trinajstić information content (AvgIpc) is 3.22. The van der Waals surface area contributed by atoms with Crippen molar-refractivity contribution in [1.82, 2.24) is 15.0 Å². The molecule has 9 nitrogen and oxygen atoms in total. The van der Waals surface area contributed by atoms with Crippen LogP contribution < -0.4 is 11.0 Å². The molecule has 2 aromatic carbocycles. The molecule has 2 aromatic heterocycles. The zero-order valence-corrected chi connectivity index (χ0v) is 16.8. The summed E-state index contributed by atoms with van der Waals surface area (Å²) in [5, 5.41) is 14.9. The number of carbonyl (C=O) groups excluding carboxylic acids is 1. The van der Waals surface area contributed by atoms with E-state index in [0.29, 0.717) is 15.8 Å². The lowest BCUT2D eigenvalue weighted by Crippen LogP contribution is -2.29. The average molecular weight is 433 g/mol. The topological polar surface area (TPSA) is 119 Å². The lowest BCUT2D eigenvalue weighted by molar-refractivity contribution is -0.384. The second-order valence-corrected chi connectivity index (χ2v) is 7.55. The van der Waals surface area contributed by atoms with Crippen LogP contribution in [0.2, 0.25) is 0 Å². The van der Waals surface area contributed by atoms with Gasteiger partial charge in [0.2, 0.25) is 0 Å². The molecule has 0 atom stereocenters. The van der Waals surface area contributed by atoms with E-state index in [0.717, 1.165) is 10.4 Å². The van der Waals surface area contributed by atoms with E-state index in [9.17, 15) is 19.7 Å². The van der Waals surface area contributed by atoms with E-state index in [1.165, 1.54) is 52.7 Å². The van der Waals surface area contributed by atoms with Gasteiger partial charge in [-0.1, -0.05) is 30.3 Å². The van der Waals surface area contributed by atoms with Crippen molar-refractivity contribution in [2.24, 2.45) is 5.10 Å². The molecule has 0 unspecified atom stereocenters. The fraction of sp³-hybridized carbons (Fsp3) is 0.0476. The molecule has 1 amide bonds. The van der Waals surface area contributed by atoms with Gasteiger partial charge >= 0.3 is 0 Å². The molecule has 4 rings (SSSR count). The van der Waals surface area contributed by atoms with E-state index in [2.05, 4.69) is 15.5 Å². The van der Waals surface area contributed by atoms with Gasteiger partial charge in [-0.3, -0.25) is 24.3 Å². The third kappa shape index (κ3) is 4.54. The van der Waals surface area contributed by atoms with Crippen molar-refractivity contribution < 1.29 is 9.72 Å². The number of nitrogens with zero attached hydrogens (tertiary/aromatic N) is 4. The molecule has 0 radical (unpaired) electrons. The number of amides is 1. The standard InChI is InChI=1S/C21H15N5O4S/c27-19(24-23-11-14-6-8-16(9-7-14)26(29)30)12-25-13-22-20-17(21(25)28)10-18(31-20)15-4-2-1-3-5-15/h1-11,13H,12H2,(H,24,27)/b23-11+. The van der Waals surface area contributed by atoms with Crippen molar-refractivity contribution in [3.05, 3.63) is 93.0 Å². The maximum atomic E-state index is 12.7. The fourth-order valence-corrected chi connectivity index (χ4v) is 3.86. The molecule has 0 saturated heterocycles. The lowest BCUT2D eigenvalue weighted by Gasteiger charge is -2.03. The van der Waals surface area contributed by atoms with Gasteiger partial charge in [-0.15, -0.1) is 11.3 Å². The van der Waals surface area contributed by atoms with Crippen LogP contribution in [0.15, 0.2) is 76.9 Å². The number of aromatic nitrogens is 2. The minimum atomic E-state index is -0.500. The van der Waals surface area contributed by atoms with Crippen LogP contribution in [0.1, 0.15) is 5.56 Å². The van der Waals surface area contributed by atoms with Gasteiger partial charge < -0.3 is 0 Å². The van der Waals surface area contributed by atoms with Crippen LogP contribution >= 0.6 is 11.3 Å². The highest BCUT2D eigenvalue weighted by molar-refractivity contribution is 7.21. The number of nitro groups is 1. The van der Waals surface area contributed by atoms with E-state index in [1.807, 2.05) is 30.3 Å². The number of fused-ring (bicyclic) bond motifs is 1. The Bertz CT molecular complexity index is 1340. The Morgan fingerprint density at radius 3 is 2.65 bits per heavy atom. The van der Waals surface area contributed by atoms with Crippen LogP contribution in [0.3, 0.4) is 0 Å². The summed E-state index contributed by atoms with van der Waals surface area (Å²) in [5.74, 6) is -0.500. The summed E-state index contributed by atoms with van der Waals surface area (Å²) >= 11 is 1.42. The maximum absolute atomic E-state index is 12.7. The number of non-ortho nitro benzene ring substituents is 1. The summed E-state index contributed by atoms with van der Waals surface area (Å²) in [6.45, 7) is -0.240. The first-order chi connectivity index (χ1) is 15.0. The van der Waals surface area contributed by atoms with Crippen molar-refractivity contribution in [3.63, 3.8) is 0 Å². The molecule has 0 aliphatic carbocycles. The van der Waals surface area contributed by atoms with Crippen molar-refractivity contribution >= 4 is 39.4 Å². The van der Waals surface area contributed by atoms with Gasteiger partial charge in [0.1, 0.15) is 11.4 Å². The Hall–Kier alpha value is -4.18. The number of carbonyl (C=O) groups is 1. The monoisotopic (exact) mass is 433 g/mol. The van der Waals surface area contributed by atoms with Gasteiger partial charge in [-0.2, -0.15) is 5.10 Å². The molecule has 154 valence electrons. The third-order valence-corrected chi connectivity index (χ3v) is 5.49. The van der Waals surface area contributed by atoms with Crippen molar-refractivity contribution in [3.8, 4) is 10.4 Å². The molecule has 0 bridgehead atoms. The van der Waals surface area contributed by atoms with Crippen LogP contribution in [0.4, 0.5) is 5.69 Å². The molecule has 0 saturated carbocycles. The Kier molecular flexibility index (Phi) is 5.63. The summed E-state index contributed by atoms with van der Waals surface area (Å²) in [6, 6.07) is 17.2. The highest BCUT2D eigenvalue weighted by atomic mass is 32.1. The molecule has 0 aliphatic rings. The van der Waals surface area contributed by atoms with Crippen LogP contribution in [0, 0.1) is 10.1 Å². The minimum absolute atomic E-state index is 0.0349. The Labute approximate surface area is 179 Å². The first-order valence-electron chi connectivity index (χ1n) is 9.12. The number of nitrogens with one attached hydrogen (secondary N) is 1. The summed E-state index contributed by atoms with van der Waals surface area (Å²) in [6.07, 6.45) is 2.70. The SMILES string of the molecule is O=C(Cn1cnc2sc(-c3ccccc3)cc2c1=O)N/N=C/c1ccc([N+](=O)[O-])cc1. The molecular weight excluding hydrogens is 418 g/mol. The summed E-state index contributed by atoms with van der Waals surface area (Å²) in [5.41, 5.74) is 3.57. The molecule has 31 heavy (non-hydrogen) atoms. The van der Waals surface area contributed by atoms with Crippen LogP contribution in [0.25, 0.3) is 20.7 Å². The number of hydrazone groups is 1. The first-order valence-corrected chi connectivity index (χ1v) is 9.94. The summed E-state index contributed by atoms with van der Waals surface area (Å²) in [7, 11) is 0. The fourth-order valence-electron chi connectivity index (χ4n) is 2.87. The van der Waals surface area contributed by atoms with E-state index >= 15 is 0 Å². The van der Waals surface area contributed by atoms with Gasteiger partial charge in [-0.25, -0.2) is 10.4 Å². The van der Waals surface area contributed by atoms with Crippen LogP contribution in [-0.2, 0) is 11.3 Å². The van der Waals surface area contributed by atoms with E-state index in [1.54, 1.807) is 6.07 Å². The Balaban J connectivity index is 1.45. The molecule has 0 fully saturated rings. The highest BCUT2D eigenvalue weighted by Crippen LogP contribution is 2.30. The molecule has 10 heteroatoms. The van der Waals surface area contributed by atoms with Crippen molar-refractivity contribution in [2.45, 2.75) is 6.54 Å². The Morgan fingerprint density at radius 1 is 1.19 bits per heavy atom.